The summed E-state index contributed by atoms with van der Waals surface area (Å²) in [7, 11) is -2.39. The molecule has 1 heterocycles. The van der Waals surface area contributed by atoms with E-state index in [4.69, 9.17) is 0 Å². The maximum absolute atomic E-state index is 10.6. The van der Waals surface area contributed by atoms with Crippen LogP contribution >= 0.6 is 0 Å². The van der Waals surface area contributed by atoms with Crippen LogP contribution in [0.1, 0.15) is 15.3 Å². The SMILES string of the molecule is C=C(C(=C)[Si](C)(C)C)[Si](C)(C)C.O=C[NH][Ti]1([CH]2C=Cc3ccccc32)[CH2][CH2]1. The van der Waals surface area contributed by atoms with Gasteiger partial charge in [0.15, 0.2) is 0 Å². The number of rotatable bonds is 6. The van der Waals surface area contributed by atoms with Gasteiger partial charge in [0.1, 0.15) is 0 Å². The first-order chi connectivity index (χ1) is 12.4. The zero-order valence-electron chi connectivity index (χ0n) is 17.9. The molecule has 1 amide bonds. The van der Waals surface area contributed by atoms with Crippen LogP contribution in [0, 0.1) is 0 Å². The first-order valence-electron chi connectivity index (χ1n) is 9.80. The minimum atomic E-state index is -2.00. The Morgan fingerprint density at radius 2 is 1.56 bits per heavy atom. The second-order valence-corrected chi connectivity index (χ2v) is 26.6. The van der Waals surface area contributed by atoms with Gasteiger partial charge in [0, 0.05) is 0 Å². The topological polar surface area (TPSA) is 29.1 Å². The van der Waals surface area contributed by atoms with Crippen LogP contribution in [0.25, 0.3) is 6.08 Å². The third-order valence-corrected chi connectivity index (χ3v) is 16.4. The van der Waals surface area contributed by atoms with Crippen LogP contribution in [0.15, 0.2) is 53.9 Å². The summed E-state index contributed by atoms with van der Waals surface area (Å²) in [5.74, 6) is 0. The predicted octanol–water partition coefficient (Wildman–Crippen LogP) is 6.27. The van der Waals surface area contributed by atoms with Crippen molar-refractivity contribution in [1.29, 1.82) is 0 Å². The van der Waals surface area contributed by atoms with Crippen molar-refractivity contribution in [2.24, 2.45) is 0 Å². The summed E-state index contributed by atoms with van der Waals surface area (Å²) >= 11 is -2.00. The van der Waals surface area contributed by atoms with E-state index in [1.165, 1.54) is 31.0 Å². The summed E-state index contributed by atoms with van der Waals surface area (Å²) in [4.78, 5) is 10.6. The Labute approximate surface area is 171 Å². The number of fused-ring (bicyclic) bond motifs is 1. The van der Waals surface area contributed by atoms with Gasteiger partial charge >= 0.3 is 93.1 Å². The monoisotopic (exact) mass is 433 g/mol. The Bertz CT molecular complexity index is 743. The van der Waals surface area contributed by atoms with E-state index in [1.807, 2.05) is 0 Å². The second kappa shape index (κ2) is 8.20. The molecule has 2 aliphatic rings. The van der Waals surface area contributed by atoms with E-state index in [0.29, 0.717) is 4.22 Å². The number of carbonyl (C=O) groups is 1. The molecule has 0 radical (unpaired) electrons. The number of allylic oxidation sites excluding steroid dienone is 3. The van der Waals surface area contributed by atoms with Gasteiger partial charge < -0.3 is 0 Å². The molecule has 1 fully saturated rings. The summed E-state index contributed by atoms with van der Waals surface area (Å²) in [5.41, 5.74) is 2.77. The van der Waals surface area contributed by atoms with Gasteiger partial charge in [-0.2, -0.15) is 0 Å². The normalized spacial score (nSPS) is 19.4. The van der Waals surface area contributed by atoms with E-state index >= 15 is 0 Å². The number of carbonyl (C=O) groups excluding carboxylic acids is 1. The summed E-state index contributed by atoms with van der Waals surface area (Å²) in [6.45, 7) is 22.4. The number of nitrogens with one attached hydrogen (secondary N) is 1. The zero-order chi connectivity index (χ0) is 20.5. The zero-order valence-corrected chi connectivity index (χ0v) is 21.4. The molecule has 0 spiro atoms. The first kappa shape index (κ1) is 22.3. The molecule has 5 heteroatoms. The van der Waals surface area contributed by atoms with Crippen LogP contribution in [0.3, 0.4) is 0 Å². The molecular formula is C22H35NOSi2Ti. The van der Waals surface area contributed by atoms with Gasteiger partial charge in [-0.25, -0.2) is 0 Å². The molecule has 1 atom stereocenters. The molecule has 0 saturated carbocycles. The molecule has 2 nitrogen and oxygen atoms in total. The fourth-order valence-corrected chi connectivity index (χ4v) is 13.8. The van der Waals surface area contributed by atoms with Gasteiger partial charge in [0.2, 0.25) is 0 Å². The summed E-state index contributed by atoms with van der Waals surface area (Å²) < 4.78 is 6.29. The molecule has 27 heavy (non-hydrogen) atoms. The molecule has 1 aliphatic carbocycles. The van der Waals surface area contributed by atoms with Gasteiger partial charge in [-0.05, 0) is 0 Å². The third-order valence-electron chi connectivity index (χ3n) is 5.70. The predicted molar refractivity (Wildman–Crippen MR) is 122 cm³/mol. The van der Waals surface area contributed by atoms with Crippen LogP contribution < -0.4 is 3.80 Å². The quantitative estimate of drug-likeness (QED) is 0.320. The average molecular weight is 434 g/mol. The first-order valence-corrected chi connectivity index (χ1v) is 20.7. The van der Waals surface area contributed by atoms with Crippen molar-refractivity contribution in [1.82, 2.24) is 3.80 Å². The van der Waals surface area contributed by atoms with Crippen molar-refractivity contribution in [3.05, 3.63) is 65.0 Å². The van der Waals surface area contributed by atoms with E-state index in [9.17, 15) is 4.79 Å². The van der Waals surface area contributed by atoms with Crippen molar-refractivity contribution in [2.45, 2.75) is 53.0 Å². The number of benzene rings is 1. The summed E-state index contributed by atoms with van der Waals surface area (Å²) in [6.07, 6.45) is 5.42. The molecule has 1 aromatic carbocycles. The Morgan fingerprint density at radius 1 is 1.04 bits per heavy atom. The van der Waals surface area contributed by atoms with Crippen molar-refractivity contribution in [3.8, 4) is 0 Å². The second-order valence-electron chi connectivity index (χ2n) is 9.84. The van der Waals surface area contributed by atoms with Gasteiger partial charge in [-0.3, -0.25) is 0 Å². The molecule has 3 rings (SSSR count). The Hall–Kier alpha value is -0.942. The number of amides is 1. The molecule has 1 unspecified atom stereocenters. The fraction of sp³-hybridized carbons (Fsp3) is 0.409. The molecule has 1 saturated heterocycles. The molecule has 1 N–H and O–H groups in total. The van der Waals surface area contributed by atoms with Gasteiger partial charge in [0.25, 0.3) is 0 Å². The van der Waals surface area contributed by atoms with Crippen molar-refractivity contribution >= 4 is 28.6 Å². The Morgan fingerprint density at radius 3 is 2.00 bits per heavy atom. The van der Waals surface area contributed by atoms with E-state index < -0.39 is 33.0 Å². The van der Waals surface area contributed by atoms with E-state index in [2.05, 4.69) is 92.7 Å². The molecular weight excluding hydrogens is 398 g/mol. The molecule has 1 aliphatic heterocycles. The summed E-state index contributed by atoms with van der Waals surface area (Å²) in [5, 5.41) is 2.73. The number of hydrogen-bond acceptors (Lipinski definition) is 1. The summed E-state index contributed by atoms with van der Waals surface area (Å²) in [6, 6.07) is 8.53. The molecule has 0 bridgehead atoms. The van der Waals surface area contributed by atoms with Gasteiger partial charge in [-0.15, -0.1) is 0 Å². The average Bonchev–Trinajstić information content (AvgIpc) is 3.21. The van der Waals surface area contributed by atoms with Crippen LogP contribution in [-0.2, 0) is 21.6 Å². The number of hydrogen-bond donors (Lipinski definition) is 1. The van der Waals surface area contributed by atoms with Crippen LogP contribution in [0.4, 0.5) is 0 Å². The van der Waals surface area contributed by atoms with E-state index in [-0.39, 0.29) is 0 Å². The van der Waals surface area contributed by atoms with Crippen molar-refractivity contribution in [2.75, 3.05) is 0 Å². The van der Waals surface area contributed by atoms with Crippen molar-refractivity contribution < 1.29 is 21.6 Å². The Balaban J connectivity index is 0.000000201. The van der Waals surface area contributed by atoms with Crippen LogP contribution in [0.5, 0.6) is 0 Å². The van der Waals surface area contributed by atoms with Gasteiger partial charge in [0.05, 0.1) is 16.1 Å². The maximum atomic E-state index is 10.6. The van der Waals surface area contributed by atoms with E-state index in [1.54, 1.807) is 0 Å². The molecule has 146 valence electrons. The van der Waals surface area contributed by atoms with Crippen LogP contribution in [-0.4, -0.2) is 22.6 Å². The van der Waals surface area contributed by atoms with E-state index in [0.717, 1.165) is 6.41 Å². The van der Waals surface area contributed by atoms with Gasteiger partial charge in [-0.1, -0.05) is 62.8 Å². The van der Waals surface area contributed by atoms with Crippen molar-refractivity contribution in [3.63, 3.8) is 0 Å². The molecule has 1 aromatic rings. The Kier molecular flexibility index (Phi) is 6.79. The molecule has 0 aromatic heterocycles. The third kappa shape index (κ3) is 5.32. The standard InChI is InChI=1S/C10H22Si2.C9H7.C2H4.CH3NO.Ti/c1-9(11(3,4)5)10(2)12(6,7)8;1-2-5-9-7-3-6-8(9)4-1;1-2;2-1-3;/h1-2H2,3-8H3;1-7H;1-2H2;1H,(H2,2,3);/q;;;;+1/p-1. The van der Waals surface area contributed by atoms with Crippen LogP contribution in [0.2, 0.25) is 48.7 Å². The minimum absolute atomic E-state index is 0.561. The fourth-order valence-electron chi connectivity index (χ4n) is 3.43.